The molecular weight excluding hydrogens is 534 g/mol. The van der Waals surface area contributed by atoms with E-state index in [9.17, 15) is 4.79 Å². The minimum absolute atomic E-state index is 0.00760. The summed E-state index contributed by atoms with van der Waals surface area (Å²) in [4.78, 5) is 24.0. The molecule has 4 heterocycles. The number of hydrogen-bond acceptors (Lipinski definition) is 9. The second-order valence-electron chi connectivity index (χ2n) is 10.7. The lowest BCUT2D eigenvalue weighted by Crippen LogP contribution is -2.54. The Hall–Kier alpha value is -2.50. The third-order valence-corrected chi connectivity index (χ3v) is 8.39. The lowest BCUT2D eigenvalue weighted by Gasteiger charge is -2.38. The quantitative estimate of drug-likeness (QED) is 0.462. The Balaban J connectivity index is 1.16. The Bertz CT molecular complexity index is 1110. The number of carbonyl (C=O) groups excluding carboxylic acids is 1. The van der Waals surface area contributed by atoms with E-state index in [0.717, 1.165) is 55.7 Å². The van der Waals surface area contributed by atoms with Crippen molar-refractivity contribution in [1.82, 2.24) is 20.2 Å². The Labute approximate surface area is 241 Å². The Morgan fingerprint density at radius 3 is 2.65 bits per heavy atom. The molecule has 1 aromatic carbocycles. The highest BCUT2D eigenvalue weighted by Gasteiger charge is 2.32. The van der Waals surface area contributed by atoms with Crippen molar-refractivity contribution in [2.24, 2.45) is 0 Å². The van der Waals surface area contributed by atoms with Crippen LogP contribution in [0.1, 0.15) is 60.7 Å². The third-order valence-electron chi connectivity index (χ3n) is 8.14. The van der Waals surface area contributed by atoms with Gasteiger partial charge in [0.1, 0.15) is 6.33 Å². The van der Waals surface area contributed by atoms with Crippen LogP contribution in [0.25, 0.3) is 0 Å². The largest absolute Gasteiger partial charge is 0.491 e. The van der Waals surface area contributed by atoms with Crippen molar-refractivity contribution in [3.8, 4) is 5.75 Å². The molecule has 0 aliphatic carbocycles. The molecule has 5 rings (SSSR count). The van der Waals surface area contributed by atoms with Crippen molar-refractivity contribution in [3.05, 3.63) is 46.9 Å². The van der Waals surface area contributed by atoms with Gasteiger partial charge in [0.25, 0.3) is 5.91 Å². The molecule has 218 valence electrons. The van der Waals surface area contributed by atoms with E-state index in [4.69, 9.17) is 30.5 Å². The molecule has 10 nitrogen and oxygen atoms in total. The zero-order chi connectivity index (χ0) is 27.9. The van der Waals surface area contributed by atoms with E-state index in [-0.39, 0.29) is 36.0 Å². The molecule has 1 amide bonds. The fraction of sp³-hybridized carbons (Fsp3) is 0.621. The summed E-state index contributed by atoms with van der Waals surface area (Å²) in [5.41, 5.74) is 1.41. The zero-order valence-electron chi connectivity index (χ0n) is 23.3. The summed E-state index contributed by atoms with van der Waals surface area (Å²) in [6.45, 7) is 3.21. The van der Waals surface area contributed by atoms with Crippen molar-refractivity contribution in [3.63, 3.8) is 0 Å². The van der Waals surface area contributed by atoms with Gasteiger partial charge in [-0.15, -0.1) is 0 Å². The minimum Gasteiger partial charge on any atom is -0.491 e. The molecule has 3 saturated heterocycles. The first-order valence-electron chi connectivity index (χ1n) is 14.2. The second-order valence-corrected chi connectivity index (χ2v) is 11.1. The maximum Gasteiger partial charge on any atom is 0.276 e. The van der Waals surface area contributed by atoms with Gasteiger partial charge in [-0.3, -0.25) is 4.79 Å². The van der Waals surface area contributed by atoms with Gasteiger partial charge >= 0.3 is 0 Å². The standard InChI is InChI=1S/C29H40ClN5O5/c1-37-25-17-39-15-12-23(25)34-21-10-13-35(14-11-21)29(36)26-27(38-2)28(33-18-32-26)31-16-22-4-3-5-24(40-22)19-6-8-20(30)9-7-19/h6-9,18,21-25,34H,3-5,10-17H2,1-2H3,(H,31,32,33)/t22-,23-,24+,25?/m0/s1. The highest BCUT2D eigenvalue weighted by molar-refractivity contribution is 6.30. The summed E-state index contributed by atoms with van der Waals surface area (Å²) in [6.07, 6.45) is 7.17. The number of piperidine rings is 1. The predicted octanol–water partition coefficient (Wildman–Crippen LogP) is 3.86. The van der Waals surface area contributed by atoms with Crippen LogP contribution < -0.4 is 15.4 Å². The lowest BCUT2D eigenvalue weighted by molar-refractivity contribution is -0.0533. The maximum absolute atomic E-state index is 13.5. The fourth-order valence-corrected chi connectivity index (χ4v) is 5.99. The molecular formula is C29H40ClN5O5. The number of rotatable bonds is 9. The number of aromatic nitrogens is 2. The van der Waals surface area contributed by atoms with Crippen LogP contribution in [0.5, 0.6) is 5.75 Å². The van der Waals surface area contributed by atoms with Gasteiger partial charge in [-0.2, -0.15) is 0 Å². The van der Waals surface area contributed by atoms with Crippen LogP contribution in [0.15, 0.2) is 30.6 Å². The molecule has 1 unspecified atom stereocenters. The smallest absolute Gasteiger partial charge is 0.276 e. The van der Waals surface area contributed by atoms with Crippen molar-refractivity contribution in [2.75, 3.05) is 52.4 Å². The van der Waals surface area contributed by atoms with Crippen LogP contribution >= 0.6 is 11.6 Å². The number of halogens is 1. The fourth-order valence-electron chi connectivity index (χ4n) is 5.86. The molecule has 2 aromatic rings. The maximum atomic E-state index is 13.5. The van der Waals surface area contributed by atoms with Crippen molar-refractivity contribution in [1.29, 1.82) is 0 Å². The molecule has 0 saturated carbocycles. The number of nitrogens with zero attached hydrogens (tertiary/aromatic N) is 3. The van der Waals surface area contributed by atoms with E-state index in [0.29, 0.717) is 43.9 Å². The average molecular weight is 574 g/mol. The number of carbonyl (C=O) groups is 1. The van der Waals surface area contributed by atoms with Crippen LogP contribution in [-0.2, 0) is 14.2 Å². The molecule has 0 radical (unpaired) electrons. The minimum atomic E-state index is -0.140. The SMILES string of the molecule is COc1c(NC[C@@H]2CCC[C@H](c3ccc(Cl)cc3)O2)ncnc1C(=O)N1CCC(N[C@H]2CCOCC2OC)CC1. The first-order valence-corrected chi connectivity index (χ1v) is 14.6. The van der Waals surface area contributed by atoms with E-state index in [1.165, 1.54) is 6.33 Å². The number of benzene rings is 1. The first-order chi connectivity index (χ1) is 19.6. The summed E-state index contributed by atoms with van der Waals surface area (Å²) >= 11 is 6.05. The van der Waals surface area contributed by atoms with Gasteiger partial charge in [-0.25, -0.2) is 9.97 Å². The van der Waals surface area contributed by atoms with Crippen LogP contribution in [0.4, 0.5) is 5.82 Å². The summed E-state index contributed by atoms with van der Waals surface area (Å²) in [5.74, 6) is 0.723. The lowest BCUT2D eigenvalue weighted by atomic mass is 9.98. The van der Waals surface area contributed by atoms with Gasteiger partial charge in [0.15, 0.2) is 17.3 Å². The summed E-state index contributed by atoms with van der Waals surface area (Å²) < 4.78 is 23.2. The van der Waals surface area contributed by atoms with Gasteiger partial charge < -0.3 is 34.5 Å². The van der Waals surface area contributed by atoms with E-state index < -0.39 is 0 Å². The van der Waals surface area contributed by atoms with Crippen LogP contribution in [0, 0.1) is 0 Å². The zero-order valence-corrected chi connectivity index (χ0v) is 24.1. The summed E-state index contributed by atoms with van der Waals surface area (Å²) in [7, 11) is 3.28. The highest BCUT2D eigenvalue weighted by atomic mass is 35.5. The number of methoxy groups -OCH3 is 2. The number of anilines is 1. The molecule has 1 aromatic heterocycles. The van der Waals surface area contributed by atoms with Gasteiger partial charge in [0, 0.05) is 50.5 Å². The Kier molecular flexibility index (Phi) is 10.1. The Morgan fingerprint density at radius 1 is 1.10 bits per heavy atom. The molecule has 3 fully saturated rings. The number of ether oxygens (including phenoxy) is 4. The average Bonchev–Trinajstić information content (AvgIpc) is 3.00. The van der Waals surface area contributed by atoms with Gasteiger partial charge in [-0.05, 0) is 56.2 Å². The summed E-state index contributed by atoms with van der Waals surface area (Å²) in [5, 5.41) is 7.80. The van der Waals surface area contributed by atoms with E-state index in [1.807, 2.05) is 29.2 Å². The van der Waals surface area contributed by atoms with E-state index in [2.05, 4.69) is 20.6 Å². The molecule has 3 aliphatic rings. The molecule has 11 heteroatoms. The molecule has 40 heavy (non-hydrogen) atoms. The first kappa shape index (κ1) is 29.0. The van der Waals surface area contributed by atoms with E-state index in [1.54, 1.807) is 14.2 Å². The molecule has 4 atom stereocenters. The van der Waals surface area contributed by atoms with Crippen molar-refractivity contribution < 1.29 is 23.7 Å². The number of hydrogen-bond donors (Lipinski definition) is 2. The molecule has 0 spiro atoms. The number of likely N-dealkylation sites (tertiary alicyclic amines) is 1. The van der Waals surface area contributed by atoms with Crippen LogP contribution in [0.3, 0.4) is 0 Å². The van der Waals surface area contributed by atoms with Crippen molar-refractivity contribution >= 4 is 23.3 Å². The molecule has 0 bridgehead atoms. The van der Waals surface area contributed by atoms with Crippen LogP contribution in [-0.4, -0.2) is 92.1 Å². The highest BCUT2D eigenvalue weighted by Crippen LogP contribution is 2.33. The van der Waals surface area contributed by atoms with E-state index >= 15 is 0 Å². The van der Waals surface area contributed by atoms with Crippen molar-refractivity contribution in [2.45, 2.75) is 68.9 Å². The molecule has 2 N–H and O–H groups in total. The Morgan fingerprint density at radius 2 is 1.90 bits per heavy atom. The van der Waals surface area contributed by atoms with Crippen LogP contribution in [0.2, 0.25) is 5.02 Å². The normalized spacial score (nSPS) is 25.9. The molecule has 3 aliphatic heterocycles. The summed E-state index contributed by atoms with van der Waals surface area (Å²) in [6, 6.07) is 8.45. The number of nitrogens with one attached hydrogen (secondary N) is 2. The topological polar surface area (TPSA) is 107 Å². The van der Waals surface area contributed by atoms with Gasteiger partial charge in [0.05, 0.1) is 32.0 Å². The monoisotopic (exact) mass is 573 g/mol. The number of amides is 1. The van der Waals surface area contributed by atoms with Gasteiger partial charge in [-0.1, -0.05) is 23.7 Å². The predicted molar refractivity (Wildman–Crippen MR) is 152 cm³/mol. The third kappa shape index (κ3) is 7.03. The second kappa shape index (κ2) is 13.9. The van der Waals surface area contributed by atoms with Gasteiger partial charge in [0.2, 0.25) is 0 Å².